The molecule has 3 nitrogen and oxygen atoms in total. The Labute approximate surface area is 127 Å². The van der Waals surface area contributed by atoms with Gasteiger partial charge in [-0.2, -0.15) is 0 Å². The third-order valence-electron chi connectivity index (χ3n) is 3.48. The molecule has 0 radical (unpaired) electrons. The molecule has 0 saturated heterocycles. The van der Waals surface area contributed by atoms with Crippen LogP contribution in [0, 0.1) is 0 Å². The molecule has 2 rings (SSSR count). The van der Waals surface area contributed by atoms with Crippen LogP contribution in [0.3, 0.4) is 0 Å². The quantitative estimate of drug-likeness (QED) is 0.874. The Kier molecular flexibility index (Phi) is 4.97. The number of pyridine rings is 1. The maximum absolute atomic E-state index is 5.88. The molecule has 0 fully saturated rings. The normalized spacial score (nSPS) is 11.2. The van der Waals surface area contributed by atoms with E-state index in [1.54, 1.807) is 0 Å². The first-order valence-corrected chi connectivity index (χ1v) is 7.48. The van der Waals surface area contributed by atoms with E-state index in [0.717, 1.165) is 17.0 Å². The lowest BCUT2D eigenvalue weighted by Crippen LogP contribution is -2.02. The first-order valence-electron chi connectivity index (χ1n) is 7.48. The molecule has 1 aromatic carbocycles. The minimum atomic E-state index is 0.349. The van der Waals surface area contributed by atoms with Crippen LogP contribution in [-0.2, 0) is 6.54 Å². The van der Waals surface area contributed by atoms with E-state index in [1.165, 1.54) is 5.56 Å². The summed E-state index contributed by atoms with van der Waals surface area (Å²) in [4.78, 5) is 4.56. The van der Waals surface area contributed by atoms with E-state index < -0.39 is 0 Å². The van der Waals surface area contributed by atoms with Crippen molar-refractivity contribution in [1.82, 2.24) is 4.98 Å². The van der Waals surface area contributed by atoms with E-state index in [2.05, 4.69) is 44.8 Å². The lowest BCUT2D eigenvalue weighted by Gasteiger charge is -2.12. The number of aromatic nitrogens is 1. The molecule has 2 aromatic rings. The summed E-state index contributed by atoms with van der Waals surface area (Å²) in [5.74, 6) is 2.28. The highest BCUT2D eigenvalue weighted by Gasteiger charge is 2.08. The van der Waals surface area contributed by atoms with Gasteiger partial charge in [0.25, 0.3) is 0 Å². The Bertz CT molecular complexity index is 589. The molecule has 1 aromatic heterocycles. The zero-order valence-electron chi connectivity index (χ0n) is 13.3. The first-order chi connectivity index (χ1) is 9.99. The van der Waals surface area contributed by atoms with Crippen LogP contribution in [0.4, 0.5) is 0 Å². The molecule has 0 amide bonds. The minimum Gasteiger partial charge on any atom is -0.439 e. The zero-order chi connectivity index (χ0) is 15.4. The second-order valence-electron chi connectivity index (χ2n) is 5.92. The molecule has 0 atom stereocenters. The van der Waals surface area contributed by atoms with Crippen molar-refractivity contribution in [3.8, 4) is 11.6 Å². The van der Waals surface area contributed by atoms with Gasteiger partial charge < -0.3 is 10.5 Å². The van der Waals surface area contributed by atoms with E-state index in [9.17, 15) is 0 Å². The molecule has 0 spiro atoms. The van der Waals surface area contributed by atoms with Crippen molar-refractivity contribution in [2.75, 3.05) is 0 Å². The highest BCUT2D eigenvalue weighted by Crippen LogP contribution is 2.25. The van der Waals surface area contributed by atoms with E-state index >= 15 is 0 Å². The maximum atomic E-state index is 5.88. The second-order valence-corrected chi connectivity index (χ2v) is 5.92. The topological polar surface area (TPSA) is 48.1 Å². The third kappa shape index (κ3) is 4.05. The van der Waals surface area contributed by atoms with Crippen molar-refractivity contribution in [1.29, 1.82) is 0 Å². The molecule has 2 N–H and O–H groups in total. The molecule has 0 bridgehead atoms. The van der Waals surface area contributed by atoms with Crippen LogP contribution in [0.2, 0.25) is 0 Å². The summed E-state index contributed by atoms with van der Waals surface area (Å²) in [7, 11) is 0. The Hall–Kier alpha value is -1.87. The maximum Gasteiger partial charge on any atom is 0.219 e. The van der Waals surface area contributed by atoms with Gasteiger partial charge in [0.1, 0.15) is 5.75 Å². The zero-order valence-corrected chi connectivity index (χ0v) is 13.3. The average Bonchev–Trinajstić information content (AvgIpc) is 2.47. The molecule has 0 unspecified atom stereocenters. The molecular formula is C18H24N2O. The first kappa shape index (κ1) is 15.5. The van der Waals surface area contributed by atoms with Crippen molar-refractivity contribution < 1.29 is 4.74 Å². The number of nitrogens with two attached hydrogens (primary N) is 1. The number of benzene rings is 1. The smallest absolute Gasteiger partial charge is 0.219 e. The second kappa shape index (κ2) is 6.72. The van der Waals surface area contributed by atoms with Crippen LogP contribution in [0.5, 0.6) is 11.6 Å². The van der Waals surface area contributed by atoms with Gasteiger partial charge in [-0.15, -0.1) is 0 Å². The number of nitrogens with zero attached hydrogens (tertiary/aromatic N) is 1. The molecule has 0 aliphatic carbocycles. The Morgan fingerprint density at radius 3 is 2.19 bits per heavy atom. The van der Waals surface area contributed by atoms with Crippen LogP contribution in [0.15, 0.2) is 36.4 Å². The van der Waals surface area contributed by atoms with Gasteiger partial charge in [-0.1, -0.05) is 39.8 Å². The summed E-state index contributed by atoms with van der Waals surface area (Å²) in [5, 5.41) is 0. The lowest BCUT2D eigenvalue weighted by atomic mass is 10.0. The van der Waals surface area contributed by atoms with Gasteiger partial charge in [-0.05, 0) is 41.2 Å². The molecule has 0 saturated carbocycles. The summed E-state index contributed by atoms with van der Waals surface area (Å²) >= 11 is 0. The minimum absolute atomic E-state index is 0.349. The summed E-state index contributed by atoms with van der Waals surface area (Å²) in [6.45, 7) is 9.08. The molecule has 0 aliphatic rings. The van der Waals surface area contributed by atoms with Gasteiger partial charge in [-0.25, -0.2) is 4.98 Å². The van der Waals surface area contributed by atoms with Gasteiger partial charge in [0.15, 0.2) is 0 Å². The molecule has 21 heavy (non-hydrogen) atoms. The van der Waals surface area contributed by atoms with Crippen molar-refractivity contribution in [3.63, 3.8) is 0 Å². The summed E-state index contributed by atoms with van der Waals surface area (Å²) in [6.07, 6.45) is 0. The van der Waals surface area contributed by atoms with Crippen LogP contribution >= 0.6 is 0 Å². The molecule has 0 aliphatic heterocycles. The number of rotatable bonds is 5. The monoisotopic (exact) mass is 284 g/mol. The molecule has 112 valence electrons. The average molecular weight is 284 g/mol. The van der Waals surface area contributed by atoms with Crippen molar-refractivity contribution >= 4 is 0 Å². The molecule has 3 heteroatoms. The highest BCUT2D eigenvalue weighted by atomic mass is 16.5. The standard InChI is InChI=1S/C18H24N2O/c1-12(2)15-5-7-16(8-6-15)21-18-10-14(11-19)9-17(20-18)13(3)4/h5-10,12-13H,11,19H2,1-4H3. The van der Waals surface area contributed by atoms with Crippen molar-refractivity contribution in [3.05, 3.63) is 53.2 Å². The number of hydrogen-bond donors (Lipinski definition) is 1. The van der Waals surface area contributed by atoms with E-state index in [1.807, 2.05) is 24.3 Å². The highest BCUT2D eigenvalue weighted by molar-refractivity contribution is 5.34. The Balaban J connectivity index is 2.24. The predicted octanol–water partition coefficient (Wildman–Crippen LogP) is 4.58. The SMILES string of the molecule is CC(C)c1ccc(Oc2cc(CN)cc(C(C)C)n2)cc1. The van der Waals surface area contributed by atoms with Gasteiger partial charge >= 0.3 is 0 Å². The van der Waals surface area contributed by atoms with Gasteiger partial charge in [0, 0.05) is 18.3 Å². The molecule has 1 heterocycles. The van der Waals surface area contributed by atoms with E-state index in [4.69, 9.17) is 10.5 Å². The van der Waals surface area contributed by atoms with Crippen LogP contribution < -0.4 is 10.5 Å². The van der Waals surface area contributed by atoms with Crippen LogP contribution in [0.25, 0.3) is 0 Å². The third-order valence-corrected chi connectivity index (χ3v) is 3.48. The van der Waals surface area contributed by atoms with Crippen molar-refractivity contribution in [2.24, 2.45) is 5.73 Å². The van der Waals surface area contributed by atoms with Crippen LogP contribution in [-0.4, -0.2) is 4.98 Å². The van der Waals surface area contributed by atoms with E-state index in [-0.39, 0.29) is 0 Å². The Morgan fingerprint density at radius 1 is 1.00 bits per heavy atom. The van der Waals surface area contributed by atoms with Gasteiger partial charge in [0.2, 0.25) is 5.88 Å². The van der Waals surface area contributed by atoms with Crippen molar-refractivity contribution in [2.45, 2.75) is 46.1 Å². The molecular weight excluding hydrogens is 260 g/mol. The fraction of sp³-hybridized carbons (Fsp3) is 0.389. The van der Waals surface area contributed by atoms with E-state index in [0.29, 0.717) is 24.3 Å². The summed E-state index contributed by atoms with van der Waals surface area (Å²) < 4.78 is 5.88. The van der Waals surface area contributed by atoms with Crippen LogP contribution in [0.1, 0.15) is 56.4 Å². The van der Waals surface area contributed by atoms with Gasteiger partial charge in [0.05, 0.1) is 0 Å². The lowest BCUT2D eigenvalue weighted by molar-refractivity contribution is 0.458. The largest absolute Gasteiger partial charge is 0.439 e. The summed E-state index contributed by atoms with van der Waals surface area (Å²) in [6, 6.07) is 12.1. The predicted molar refractivity (Wildman–Crippen MR) is 86.8 cm³/mol. The fourth-order valence-corrected chi connectivity index (χ4v) is 2.09. The number of ether oxygens (including phenoxy) is 1. The fourth-order valence-electron chi connectivity index (χ4n) is 2.09. The Morgan fingerprint density at radius 2 is 1.67 bits per heavy atom. The number of hydrogen-bond acceptors (Lipinski definition) is 3. The van der Waals surface area contributed by atoms with Gasteiger partial charge in [-0.3, -0.25) is 0 Å². The summed E-state index contributed by atoms with van der Waals surface area (Å²) in [5.41, 5.74) is 9.10.